The second kappa shape index (κ2) is 8.26. The summed E-state index contributed by atoms with van der Waals surface area (Å²) < 4.78 is 0.678. The van der Waals surface area contributed by atoms with Crippen molar-refractivity contribution in [3.63, 3.8) is 0 Å². The molecule has 24 heavy (non-hydrogen) atoms. The Hall–Kier alpha value is -1.92. The number of hydrogen-bond donors (Lipinski definition) is 2. The van der Waals surface area contributed by atoms with Crippen molar-refractivity contribution in [1.29, 1.82) is 0 Å². The molecular formula is C17H20ClN3O2S. The van der Waals surface area contributed by atoms with Gasteiger partial charge in [0.25, 0.3) is 5.91 Å². The molecule has 2 rings (SSSR count). The first-order valence-electron chi connectivity index (χ1n) is 7.65. The molecule has 0 aliphatic carbocycles. The zero-order valence-electron chi connectivity index (χ0n) is 13.7. The van der Waals surface area contributed by atoms with E-state index in [-0.39, 0.29) is 23.8 Å². The van der Waals surface area contributed by atoms with Crippen LogP contribution in [0, 0.1) is 5.92 Å². The number of carbonyl (C=O) groups excluding carboxylic acids is 2. The maximum atomic E-state index is 12.6. The lowest BCUT2D eigenvalue weighted by Gasteiger charge is -2.23. The monoisotopic (exact) mass is 365 g/mol. The summed E-state index contributed by atoms with van der Waals surface area (Å²) in [5.74, 6) is -0.558. The Kier molecular flexibility index (Phi) is 6.34. The molecule has 0 fully saturated rings. The summed E-state index contributed by atoms with van der Waals surface area (Å²) in [6.45, 7) is 5.68. The standard InChI is InChI=1S/C17H20ClN3O2S/c1-10(2)15(21-16(22)12-6-8-19-9-7-12)17(23)20-11(3)13-4-5-14(18)24-13/h4-11,15H,1-3H3,(H,20,23)(H,21,22). The largest absolute Gasteiger partial charge is 0.347 e. The number of amides is 2. The van der Waals surface area contributed by atoms with Gasteiger partial charge in [0.1, 0.15) is 6.04 Å². The number of aromatic nitrogens is 1. The Balaban J connectivity index is 2.04. The van der Waals surface area contributed by atoms with Gasteiger partial charge in [-0.2, -0.15) is 0 Å². The number of halogens is 1. The fraction of sp³-hybridized carbons (Fsp3) is 0.353. The Labute approximate surface area is 150 Å². The van der Waals surface area contributed by atoms with E-state index in [4.69, 9.17) is 11.6 Å². The molecule has 0 saturated carbocycles. The lowest BCUT2D eigenvalue weighted by molar-refractivity contribution is -0.124. The van der Waals surface area contributed by atoms with E-state index in [2.05, 4.69) is 15.6 Å². The number of nitrogens with one attached hydrogen (secondary N) is 2. The van der Waals surface area contributed by atoms with Gasteiger partial charge in [-0.1, -0.05) is 25.4 Å². The smallest absolute Gasteiger partial charge is 0.252 e. The van der Waals surface area contributed by atoms with Gasteiger partial charge < -0.3 is 10.6 Å². The molecule has 0 aliphatic rings. The van der Waals surface area contributed by atoms with Gasteiger partial charge in [-0.3, -0.25) is 14.6 Å². The average Bonchev–Trinajstić information content (AvgIpc) is 2.99. The van der Waals surface area contributed by atoms with Crippen LogP contribution in [-0.4, -0.2) is 22.8 Å². The second-order valence-electron chi connectivity index (χ2n) is 5.80. The Morgan fingerprint density at radius 3 is 2.29 bits per heavy atom. The summed E-state index contributed by atoms with van der Waals surface area (Å²) in [6, 6.07) is 6.12. The minimum absolute atomic E-state index is 0.0464. The third-order valence-corrected chi connectivity index (χ3v) is 4.97. The van der Waals surface area contributed by atoms with E-state index in [1.54, 1.807) is 30.6 Å². The normalized spacial score (nSPS) is 13.4. The van der Waals surface area contributed by atoms with Crippen LogP contribution in [0.2, 0.25) is 4.34 Å². The van der Waals surface area contributed by atoms with E-state index >= 15 is 0 Å². The van der Waals surface area contributed by atoms with Crippen LogP contribution in [0.15, 0.2) is 36.7 Å². The average molecular weight is 366 g/mol. The molecule has 2 atom stereocenters. The van der Waals surface area contributed by atoms with Crippen molar-refractivity contribution in [2.45, 2.75) is 32.9 Å². The number of carbonyl (C=O) groups is 2. The van der Waals surface area contributed by atoms with E-state index in [9.17, 15) is 9.59 Å². The molecular weight excluding hydrogens is 346 g/mol. The zero-order chi connectivity index (χ0) is 17.7. The quantitative estimate of drug-likeness (QED) is 0.823. The predicted octanol–water partition coefficient (Wildman–Crippen LogP) is 3.43. The predicted molar refractivity (Wildman–Crippen MR) is 96.2 cm³/mol. The maximum Gasteiger partial charge on any atom is 0.252 e. The van der Waals surface area contributed by atoms with Crippen molar-refractivity contribution in [3.05, 3.63) is 51.4 Å². The van der Waals surface area contributed by atoms with E-state index in [0.29, 0.717) is 9.90 Å². The Morgan fingerprint density at radius 2 is 1.75 bits per heavy atom. The van der Waals surface area contributed by atoms with E-state index in [1.807, 2.05) is 26.8 Å². The van der Waals surface area contributed by atoms with Gasteiger partial charge in [-0.05, 0) is 37.1 Å². The summed E-state index contributed by atoms with van der Waals surface area (Å²) in [5, 5.41) is 5.73. The Morgan fingerprint density at radius 1 is 1.08 bits per heavy atom. The summed E-state index contributed by atoms with van der Waals surface area (Å²) in [5.41, 5.74) is 0.474. The van der Waals surface area contributed by atoms with E-state index in [0.717, 1.165) is 4.88 Å². The van der Waals surface area contributed by atoms with Crippen molar-refractivity contribution in [2.24, 2.45) is 5.92 Å². The molecule has 0 radical (unpaired) electrons. The summed E-state index contributed by atoms with van der Waals surface area (Å²) in [4.78, 5) is 29.7. The molecule has 0 spiro atoms. The minimum Gasteiger partial charge on any atom is -0.347 e. The van der Waals surface area contributed by atoms with Crippen LogP contribution < -0.4 is 10.6 Å². The SMILES string of the molecule is CC(NC(=O)C(NC(=O)c1ccncc1)C(C)C)c1ccc(Cl)s1. The van der Waals surface area contributed by atoms with Crippen LogP contribution in [0.5, 0.6) is 0 Å². The molecule has 2 unspecified atom stereocenters. The summed E-state index contributed by atoms with van der Waals surface area (Å²) in [6.07, 6.45) is 3.09. The lowest BCUT2D eigenvalue weighted by Crippen LogP contribution is -2.50. The van der Waals surface area contributed by atoms with Crippen LogP contribution in [0.3, 0.4) is 0 Å². The van der Waals surface area contributed by atoms with Gasteiger partial charge in [0, 0.05) is 22.8 Å². The van der Waals surface area contributed by atoms with Crippen LogP contribution >= 0.6 is 22.9 Å². The van der Waals surface area contributed by atoms with Crippen LogP contribution in [0.4, 0.5) is 0 Å². The maximum absolute atomic E-state index is 12.6. The number of rotatable bonds is 6. The molecule has 0 bridgehead atoms. The molecule has 2 aromatic heterocycles. The van der Waals surface area contributed by atoms with Crippen molar-refractivity contribution in [2.75, 3.05) is 0 Å². The van der Waals surface area contributed by atoms with Crippen LogP contribution in [0.25, 0.3) is 0 Å². The van der Waals surface area contributed by atoms with Gasteiger partial charge in [-0.25, -0.2) is 0 Å². The van der Waals surface area contributed by atoms with Crippen molar-refractivity contribution in [3.8, 4) is 0 Å². The Bertz CT molecular complexity index is 703. The van der Waals surface area contributed by atoms with Crippen molar-refractivity contribution < 1.29 is 9.59 Å². The van der Waals surface area contributed by atoms with E-state index < -0.39 is 6.04 Å². The van der Waals surface area contributed by atoms with Crippen molar-refractivity contribution in [1.82, 2.24) is 15.6 Å². The lowest BCUT2D eigenvalue weighted by atomic mass is 10.0. The number of hydrogen-bond acceptors (Lipinski definition) is 4. The number of thiophene rings is 1. The fourth-order valence-electron chi connectivity index (χ4n) is 2.20. The van der Waals surface area contributed by atoms with Crippen LogP contribution in [-0.2, 0) is 4.79 Å². The van der Waals surface area contributed by atoms with Gasteiger partial charge in [0.05, 0.1) is 10.4 Å². The molecule has 2 aromatic rings. The highest BCUT2D eigenvalue weighted by Gasteiger charge is 2.26. The third kappa shape index (κ3) is 4.79. The summed E-state index contributed by atoms with van der Waals surface area (Å²) in [7, 11) is 0. The minimum atomic E-state index is -0.622. The highest BCUT2D eigenvalue weighted by Crippen LogP contribution is 2.26. The second-order valence-corrected chi connectivity index (χ2v) is 7.55. The first-order valence-corrected chi connectivity index (χ1v) is 8.84. The molecule has 7 heteroatoms. The van der Waals surface area contributed by atoms with Gasteiger partial charge >= 0.3 is 0 Å². The summed E-state index contributed by atoms with van der Waals surface area (Å²) >= 11 is 7.36. The van der Waals surface area contributed by atoms with Gasteiger partial charge in [0.15, 0.2) is 0 Å². The van der Waals surface area contributed by atoms with Crippen LogP contribution in [0.1, 0.15) is 42.0 Å². The molecule has 0 saturated heterocycles. The molecule has 2 heterocycles. The van der Waals surface area contributed by atoms with Gasteiger partial charge in [-0.15, -0.1) is 11.3 Å². The highest BCUT2D eigenvalue weighted by atomic mass is 35.5. The third-order valence-electron chi connectivity index (χ3n) is 3.56. The number of nitrogens with zero attached hydrogens (tertiary/aromatic N) is 1. The molecule has 0 aliphatic heterocycles. The zero-order valence-corrected chi connectivity index (χ0v) is 15.3. The first kappa shape index (κ1) is 18.4. The molecule has 2 N–H and O–H groups in total. The van der Waals surface area contributed by atoms with Gasteiger partial charge in [0.2, 0.25) is 5.91 Å². The topological polar surface area (TPSA) is 71.1 Å². The van der Waals surface area contributed by atoms with Crippen molar-refractivity contribution >= 4 is 34.8 Å². The molecule has 5 nitrogen and oxygen atoms in total. The fourth-order valence-corrected chi connectivity index (χ4v) is 3.26. The highest BCUT2D eigenvalue weighted by molar-refractivity contribution is 7.16. The first-order chi connectivity index (χ1) is 11.4. The molecule has 0 aromatic carbocycles. The van der Waals surface area contributed by atoms with E-state index in [1.165, 1.54) is 11.3 Å². The number of pyridine rings is 1. The molecule has 2 amide bonds. The molecule has 128 valence electrons.